The molecule has 1 saturated heterocycles. The molecule has 1 aliphatic rings. The standard InChI is InChI=1S/C14H20N6O4/c1-9-6-20(14(23)15-13(9)22)12-5-11(18(2)24-12)8-19-7-10(3-4-21)16-17-19/h6-7,11-12,21H,3-5,8H2,1-2H3,(H,15,22,23)/t11-,12-/m1/s1. The molecule has 0 bridgehead atoms. The van der Waals surface area contributed by atoms with E-state index in [1.807, 2.05) is 0 Å². The van der Waals surface area contributed by atoms with Crippen molar-refractivity contribution in [3.8, 4) is 0 Å². The first kappa shape index (κ1) is 16.6. The van der Waals surface area contributed by atoms with Crippen molar-refractivity contribution in [1.82, 2.24) is 29.6 Å². The van der Waals surface area contributed by atoms with E-state index in [0.29, 0.717) is 24.9 Å². The third kappa shape index (κ3) is 3.30. The van der Waals surface area contributed by atoms with Crippen molar-refractivity contribution in [2.45, 2.75) is 38.6 Å². The summed E-state index contributed by atoms with van der Waals surface area (Å²) in [5.41, 5.74) is 0.297. The number of hydrogen-bond acceptors (Lipinski definition) is 7. The Bertz CT molecular complexity index is 825. The third-order valence-corrected chi connectivity index (χ3v) is 4.08. The molecule has 10 nitrogen and oxygen atoms in total. The first-order valence-electron chi connectivity index (χ1n) is 7.69. The van der Waals surface area contributed by atoms with Crippen LogP contribution in [0.15, 0.2) is 22.0 Å². The molecule has 2 aromatic rings. The van der Waals surface area contributed by atoms with E-state index >= 15 is 0 Å². The van der Waals surface area contributed by atoms with Gasteiger partial charge in [-0.05, 0) is 6.92 Å². The Hall–Kier alpha value is -2.30. The highest BCUT2D eigenvalue weighted by Gasteiger charge is 2.33. The molecule has 1 aliphatic heterocycles. The van der Waals surface area contributed by atoms with Crippen molar-refractivity contribution < 1.29 is 9.94 Å². The summed E-state index contributed by atoms with van der Waals surface area (Å²) in [6.45, 7) is 2.22. The molecule has 2 atom stereocenters. The summed E-state index contributed by atoms with van der Waals surface area (Å²) in [5, 5.41) is 18.6. The van der Waals surface area contributed by atoms with Gasteiger partial charge in [-0.15, -0.1) is 5.10 Å². The van der Waals surface area contributed by atoms with E-state index in [1.165, 1.54) is 10.8 Å². The molecule has 2 N–H and O–H groups in total. The molecule has 3 heterocycles. The zero-order chi connectivity index (χ0) is 17.3. The number of aliphatic hydroxyl groups excluding tert-OH is 1. The molecule has 0 unspecified atom stereocenters. The number of hydrogen-bond donors (Lipinski definition) is 2. The van der Waals surface area contributed by atoms with Crippen LogP contribution < -0.4 is 11.2 Å². The molecule has 3 rings (SSSR count). The molecule has 130 valence electrons. The number of aliphatic hydroxyl groups is 1. The molecule has 2 aromatic heterocycles. The quantitative estimate of drug-likeness (QED) is 0.704. The van der Waals surface area contributed by atoms with Crippen LogP contribution in [0.1, 0.15) is 23.9 Å². The van der Waals surface area contributed by atoms with Gasteiger partial charge < -0.3 is 5.11 Å². The lowest BCUT2D eigenvalue weighted by Crippen LogP contribution is -2.33. The largest absolute Gasteiger partial charge is 0.396 e. The molecule has 1 fully saturated rings. The summed E-state index contributed by atoms with van der Waals surface area (Å²) >= 11 is 0. The molecule has 0 aromatic carbocycles. The SMILES string of the molecule is Cc1cn([C@H]2C[C@H](Cn3cc(CCO)nn3)N(C)O2)c(=O)[nH]c1=O. The van der Waals surface area contributed by atoms with Crippen LogP contribution in [0.25, 0.3) is 0 Å². The molecule has 0 aliphatic carbocycles. The monoisotopic (exact) mass is 336 g/mol. The Morgan fingerprint density at radius 2 is 2.21 bits per heavy atom. The first-order valence-corrected chi connectivity index (χ1v) is 7.69. The van der Waals surface area contributed by atoms with Gasteiger partial charge in [0.25, 0.3) is 5.56 Å². The van der Waals surface area contributed by atoms with E-state index in [4.69, 9.17) is 9.94 Å². The van der Waals surface area contributed by atoms with Crippen molar-refractivity contribution in [3.63, 3.8) is 0 Å². The van der Waals surface area contributed by atoms with Crippen LogP contribution >= 0.6 is 0 Å². The third-order valence-electron chi connectivity index (χ3n) is 4.08. The number of hydroxylamine groups is 2. The normalized spacial score (nSPS) is 21.5. The van der Waals surface area contributed by atoms with E-state index in [1.54, 1.807) is 29.9 Å². The van der Waals surface area contributed by atoms with Crippen molar-refractivity contribution >= 4 is 0 Å². The lowest BCUT2D eigenvalue weighted by molar-refractivity contribution is -0.168. The van der Waals surface area contributed by atoms with Crippen LogP contribution in [0, 0.1) is 6.92 Å². The number of nitrogens with one attached hydrogen (secondary N) is 1. The fraction of sp³-hybridized carbons (Fsp3) is 0.571. The van der Waals surface area contributed by atoms with Crippen LogP contribution in [-0.2, 0) is 17.8 Å². The molecule has 10 heteroatoms. The molecule has 0 saturated carbocycles. The van der Waals surface area contributed by atoms with Gasteiger partial charge in [0.05, 0.1) is 18.3 Å². The fourth-order valence-corrected chi connectivity index (χ4v) is 2.73. The highest BCUT2D eigenvalue weighted by atomic mass is 16.7. The van der Waals surface area contributed by atoms with E-state index in [-0.39, 0.29) is 12.6 Å². The smallest absolute Gasteiger partial charge is 0.330 e. The maximum atomic E-state index is 12.0. The molecule has 0 spiro atoms. The molecule has 0 amide bonds. The second-order valence-electron chi connectivity index (χ2n) is 5.88. The molecule has 0 radical (unpaired) electrons. The predicted molar refractivity (Wildman–Crippen MR) is 83.2 cm³/mol. The van der Waals surface area contributed by atoms with Gasteiger partial charge in [0, 0.05) is 44.5 Å². The minimum absolute atomic E-state index is 0.00203. The second kappa shape index (κ2) is 6.67. The van der Waals surface area contributed by atoms with Gasteiger partial charge in [-0.3, -0.25) is 23.9 Å². The summed E-state index contributed by atoms with van der Waals surface area (Å²) < 4.78 is 3.09. The zero-order valence-electron chi connectivity index (χ0n) is 13.5. The van der Waals surface area contributed by atoms with E-state index in [9.17, 15) is 9.59 Å². The summed E-state index contributed by atoms with van der Waals surface area (Å²) in [5.74, 6) is 0. The molecular weight excluding hydrogens is 316 g/mol. The Labute approximate surface area is 137 Å². The number of likely N-dealkylation sites (N-methyl/N-ethyl adjacent to an activating group) is 1. The summed E-state index contributed by atoms with van der Waals surface area (Å²) in [6.07, 6.45) is 3.84. The average molecular weight is 336 g/mol. The van der Waals surface area contributed by atoms with Crippen LogP contribution in [0.5, 0.6) is 0 Å². The van der Waals surface area contributed by atoms with Crippen molar-refractivity contribution in [1.29, 1.82) is 0 Å². The van der Waals surface area contributed by atoms with Crippen LogP contribution in [0.3, 0.4) is 0 Å². The number of aryl methyl sites for hydroxylation is 1. The number of nitrogens with zero attached hydrogens (tertiary/aromatic N) is 5. The second-order valence-corrected chi connectivity index (χ2v) is 5.88. The van der Waals surface area contributed by atoms with E-state index in [2.05, 4.69) is 15.3 Å². The Balaban J connectivity index is 1.73. The number of rotatable bonds is 5. The van der Waals surface area contributed by atoms with Gasteiger partial charge in [-0.1, -0.05) is 5.21 Å². The van der Waals surface area contributed by atoms with Crippen molar-refractivity contribution in [2.75, 3.05) is 13.7 Å². The Morgan fingerprint density at radius 1 is 1.42 bits per heavy atom. The lowest BCUT2D eigenvalue weighted by atomic mass is 10.2. The summed E-state index contributed by atoms with van der Waals surface area (Å²) in [4.78, 5) is 31.5. The van der Waals surface area contributed by atoms with Crippen molar-refractivity contribution in [3.05, 3.63) is 44.5 Å². The maximum Gasteiger partial charge on any atom is 0.330 e. The minimum atomic E-state index is -0.490. The highest BCUT2D eigenvalue weighted by Crippen LogP contribution is 2.27. The number of aromatic nitrogens is 5. The fourth-order valence-electron chi connectivity index (χ4n) is 2.73. The van der Waals surface area contributed by atoms with Gasteiger partial charge in [0.15, 0.2) is 6.23 Å². The summed E-state index contributed by atoms with van der Waals surface area (Å²) in [6, 6.07) is -0.00203. The van der Waals surface area contributed by atoms with Crippen LogP contribution in [0.2, 0.25) is 0 Å². The van der Waals surface area contributed by atoms with E-state index < -0.39 is 17.5 Å². The predicted octanol–water partition coefficient (Wildman–Crippen LogP) is -1.19. The van der Waals surface area contributed by atoms with Crippen LogP contribution in [0.4, 0.5) is 0 Å². The zero-order valence-corrected chi connectivity index (χ0v) is 13.5. The van der Waals surface area contributed by atoms with Gasteiger partial charge in [0.1, 0.15) is 0 Å². The number of H-pyrrole nitrogens is 1. The van der Waals surface area contributed by atoms with Crippen molar-refractivity contribution in [2.24, 2.45) is 0 Å². The topological polar surface area (TPSA) is 118 Å². The average Bonchev–Trinajstić information content (AvgIpc) is 3.11. The maximum absolute atomic E-state index is 12.0. The number of aromatic amines is 1. The molecular formula is C14H20N6O4. The van der Waals surface area contributed by atoms with Gasteiger partial charge in [0.2, 0.25) is 0 Å². The minimum Gasteiger partial charge on any atom is -0.396 e. The first-order chi connectivity index (χ1) is 11.5. The lowest BCUT2D eigenvalue weighted by Gasteiger charge is -2.16. The summed E-state index contributed by atoms with van der Waals surface area (Å²) in [7, 11) is 1.79. The van der Waals surface area contributed by atoms with Crippen LogP contribution in [-0.4, -0.2) is 54.4 Å². The Kier molecular flexibility index (Phi) is 4.60. The van der Waals surface area contributed by atoms with E-state index in [0.717, 1.165) is 5.69 Å². The van der Waals surface area contributed by atoms with Gasteiger partial charge in [-0.25, -0.2) is 4.79 Å². The van der Waals surface area contributed by atoms with Gasteiger partial charge in [-0.2, -0.15) is 5.06 Å². The van der Waals surface area contributed by atoms with Gasteiger partial charge >= 0.3 is 5.69 Å². The Morgan fingerprint density at radius 3 is 2.96 bits per heavy atom. The molecule has 24 heavy (non-hydrogen) atoms. The highest BCUT2D eigenvalue weighted by molar-refractivity contribution is 5.01.